The third-order valence-electron chi connectivity index (χ3n) is 4.63. The maximum atomic E-state index is 13.0. The van der Waals surface area contributed by atoms with Crippen LogP contribution in [0.4, 0.5) is 0 Å². The van der Waals surface area contributed by atoms with E-state index in [2.05, 4.69) is 5.16 Å². The molecule has 1 aliphatic heterocycles. The Hall–Kier alpha value is -2.43. The van der Waals surface area contributed by atoms with Gasteiger partial charge in [-0.3, -0.25) is 4.79 Å². The Morgan fingerprint density at radius 3 is 2.68 bits per heavy atom. The van der Waals surface area contributed by atoms with Crippen molar-refractivity contribution in [3.8, 4) is 11.3 Å². The van der Waals surface area contributed by atoms with Crippen LogP contribution in [-0.4, -0.2) is 54.9 Å². The van der Waals surface area contributed by atoms with E-state index in [0.717, 1.165) is 23.5 Å². The van der Waals surface area contributed by atoms with Gasteiger partial charge in [-0.15, -0.1) is 11.3 Å². The number of furan rings is 1. The zero-order chi connectivity index (χ0) is 19.7. The fourth-order valence-electron chi connectivity index (χ4n) is 3.01. The summed E-state index contributed by atoms with van der Waals surface area (Å²) in [6.45, 7) is 3.09. The second-order valence-corrected chi connectivity index (χ2v) is 9.44. The Morgan fingerprint density at radius 1 is 1.25 bits per heavy atom. The summed E-state index contributed by atoms with van der Waals surface area (Å²) in [5.74, 6) is 0.596. The van der Waals surface area contributed by atoms with Gasteiger partial charge in [0.2, 0.25) is 0 Å². The molecule has 4 heterocycles. The average Bonchev–Trinajstić information content (AvgIpc) is 3.48. The molecule has 148 valence electrons. The predicted octanol–water partition coefficient (Wildman–Crippen LogP) is 2.71. The normalized spacial score (nSPS) is 15.8. The molecule has 28 heavy (non-hydrogen) atoms. The lowest BCUT2D eigenvalue weighted by atomic mass is 10.2. The second-order valence-electron chi connectivity index (χ2n) is 6.36. The monoisotopic (exact) mass is 421 g/mol. The molecule has 0 saturated carbocycles. The number of piperazine rings is 1. The first kappa shape index (κ1) is 18.9. The molecule has 1 aliphatic rings. The first-order valence-electron chi connectivity index (χ1n) is 8.86. The lowest BCUT2D eigenvalue weighted by Gasteiger charge is -2.33. The van der Waals surface area contributed by atoms with E-state index in [1.807, 2.05) is 13.0 Å². The molecule has 3 aromatic rings. The van der Waals surface area contributed by atoms with Crippen LogP contribution in [0.25, 0.3) is 11.3 Å². The van der Waals surface area contributed by atoms with Crippen LogP contribution in [0, 0.1) is 0 Å². The van der Waals surface area contributed by atoms with Crippen molar-refractivity contribution in [3.63, 3.8) is 0 Å². The van der Waals surface area contributed by atoms with Crippen LogP contribution < -0.4 is 0 Å². The Morgan fingerprint density at radius 2 is 2.04 bits per heavy atom. The van der Waals surface area contributed by atoms with E-state index in [4.69, 9.17) is 8.94 Å². The zero-order valence-electron chi connectivity index (χ0n) is 15.2. The maximum Gasteiger partial charge on any atom is 0.289 e. The number of carbonyl (C=O) groups excluding carboxylic acids is 1. The summed E-state index contributed by atoms with van der Waals surface area (Å²) >= 11 is 1.15. The minimum Gasteiger partial charge on any atom is -0.459 e. The van der Waals surface area contributed by atoms with E-state index < -0.39 is 10.0 Å². The Labute approximate surface area is 166 Å². The highest BCUT2D eigenvalue weighted by Crippen LogP contribution is 2.31. The number of rotatable bonds is 5. The van der Waals surface area contributed by atoms with Gasteiger partial charge in [-0.1, -0.05) is 12.1 Å². The molecule has 0 aliphatic carbocycles. The molecule has 4 rings (SSSR count). The van der Waals surface area contributed by atoms with E-state index in [9.17, 15) is 13.2 Å². The quantitative estimate of drug-likeness (QED) is 0.628. The van der Waals surface area contributed by atoms with E-state index in [1.54, 1.807) is 28.5 Å². The maximum absolute atomic E-state index is 13.0. The molecule has 0 spiro atoms. The lowest BCUT2D eigenvalue weighted by Crippen LogP contribution is -2.50. The van der Waals surface area contributed by atoms with Crippen molar-refractivity contribution >= 4 is 27.3 Å². The molecule has 10 heteroatoms. The van der Waals surface area contributed by atoms with Crippen molar-refractivity contribution in [2.45, 2.75) is 17.6 Å². The minimum absolute atomic E-state index is 0.225. The molecular weight excluding hydrogens is 402 g/mol. The molecule has 1 fully saturated rings. The third-order valence-corrected chi connectivity index (χ3v) is 7.95. The summed E-state index contributed by atoms with van der Waals surface area (Å²) in [6.07, 6.45) is 2.19. The van der Waals surface area contributed by atoms with Gasteiger partial charge in [0, 0.05) is 43.2 Å². The van der Waals surface area contributed by atoms with Gasteiger partial charge in [-0.05, 0) is 24.6 Å². The zero-order valence-corrected chi connectivity index (χ0v) is 16.8. The van der Waals surface area contributed by atoms with Gasteiger partial charge >= 0.3 is 0 Å². The Balaban J connectivity index is 1.45. The number of hydrogen-bond donors (Lipinski definition) is 0. The fraction of sp³-hybridized carbons (Fsp3) is 0.333. The van der Waals surface area contributed by atoms with Crippen LogP contribution in [0.5, 0.6) is 0 Å². The fourth-order valence-corrected chi connectivity index (χ4v) is 5.75. The van der Waals surface area contributed by atoms with Gasteiger partial charge in [0.15, 0.2) is 11.5 Å². The molecule has 0 aromatic carbocycles. The van der Waals surface area contributed by atoms with Crippen LogP contribution in [0.3, 0.4) is 0 Å². The summed E-state index contributed by atoms with van der Waals surface area (Å²) in [5.41, 5.74) is 1.52. The van der Waals surface area contributed by atoms with E-state index >= 15 is 0 Å². The van der Waals surface area contributed by atoms with Crippen molar-refractivity contribution in [2.24, 2.45) is 0 Å². The molecule has 1 amide bonds. The molecule has 8 nitrogen and oxygen atoms in total. The number of hydrogen-bond acceptors (Lipinski definition) is 7. The van der Waals surface area contributed by atoms with Crippen molar-refractivity contribution in [2.75, 3.05) is 26.2 Å². The molecule has 3 aromatic heterocycles. The molecular formula is C18H19N3O5S2. The number of nitrogens with zero attached hydrogens (tertiary/aromatic N) is 3. The van der Waals surface area contributed by atoms with Gasteiger partial charge in [0.25, 0.3) is 15.9 Å². The summed E-state index contributed by atoms with van der Waals surface area (Å²) in [7, 11) is -3.62. The van der Waals surface area contributed by atoms with Crippen molar-refractivity contribution in [1.29, 1.82) is 0 Å². The lowest BCUT2D eigenvalue weighted by molar-refractivity contribution is 0.0666. The molecule has 0 atom stereocenters. The molecule has 1 saturated heterocycles. The molecule has 0 unspecified atom stereocenters. The summed E-state index contributed by atoms with van der Waals surface area (Å²) in [6, 6.07) is 6.68. The van der Waals surface area contributed by atoms with Crippen molar-refractivity contribution in [3.05, 3.63) is 47.4 Å². The highest BCUT2D eigenvalue weighted by molar-refractivity contribution is 7.91. The van der Waals surface area contributed by atoms with Crippen LogP contribution in [0.1, 0.15) is 23.2 Å². The SMILES string of the molecule is CCc1cc(-c2csc(S(=O)(=O)N3CCN(C(=O)c4ccco4)CC3)c2)on1. The molecule has 0 radical (unpaired) electrons. The number of amides is 1. The van der Waals surface area contributed by atoms with Crippen LogP contribution in [-0.2, 0) is 16.4 Å². The van der Waals surface area contributed by atoms with Gasteiger partial charge in [0.05, 0.1) is 12.0 Å². The number of carbonyl (C=O) groups is 1. The van der Waals surface area contributed by atoms with Crippen molar-refractivity contribution in [1.82, 2.24) is 14.4 Å². The standard InChI is InChI=1S/C18H19N3O5S2/c1-2-14-11-16(26-19-14)13-10-17(27-12-13)28(23,24)21-7-5-20(6-8-21)18(22)15-4-3-9-25-15/h3-4,9-12H,2,5-8H2,1H3. The van der Waals surface area contributed by atoms with Crippen molar-refractivity contribution < 1.29 is 22.2 Å². The average molecular weight is 422 g/mol. The highest BCUT2D eigenvalue weighted by Gasteiger charge is 2.32. The summed E-state index contributed by atoms with van der Waals surface area (Å²) < 4.78 is 38.0. The number of thiophene rings is 1. The topological polar surface area (TPSA) is 96.9 Å². The van der Waals surface area contributed by atoms with Crippen LogP contribution >= 0.6 is 11.3 Å². The largest absolute Gasteiger partial charge is 0.459 e. The highest BCUT2D eigenvalue weighted by atomic mass is 32.2. The molecule has 0 bridgehead atoms. The number of aromatic nitrogens is 1. The van der Waals surface area contributed by atoms with Crippen LogP contribution in [0.2, 0.25) is 0 Å². The molecule has 0 N–H and O–H groups in total. The third kappa shape index (κ3) is 3.50. The van der Waals surface area contributed by atoms with Gasteiger partial charge < -0.3 is 13.8 Å². The van der Waals surface area contributed by atoms with E-state index in [0.29, 0.717) is 24.4 Å². The van der Waals surface area contributed by atoms with Crippen LogP contribution in [0.15, 0.2) is 49.1 Å². The number of aryl methyl sites for hydroxylation is 1. The minimum atomic E-state index is -3.62. The van der Waals surface area contributed by atoms with E-state index in [-0.39, 0.29) is 29.0 Å². The Bertz CT molecular complexity index is 1060. The van der Waals surface area contributed by atoms with Gasteiger partial charge in [-0.2, -0.15) is 4.31 Å². The first-order valence-corrected chi connectivity index (χ1v) is 11.2. The summed E-state index contributed by atoms with van der Waals surface area (Å²) in [5, 5.41) is 5.70. The number of sulfonamides is 1. The van der Waals surface area contributed by atoms with Gasteiger partial charge in [0.1, 0.15) is 4.21 Å². The van der Waals surface area contributed by atoms with Gasteiger partial charge in [-0.25, -0.2) is 8.42 Å². The Kier molecular flexibility index (Phi) is 5.09. The predicted molar refractivity (Wildman–Crippen MR) is 103 cm³/mol. The van der Waals surface area contributed by atoms with E-state index in [1.165, 1.54) is 10.6 Å². The summed E-state index contributed by atoms with van der Waals surface area (Å²) in [4.78, 5) is 13.9. The smallest absolute Gasteiger partial charge is 0.289 e. The first-order chi connectivity index (χ1) is 13.5. The second kappa shape index (κ2) is 7.53.